The van der Waals surface area contributed by atoms with E-state index in [1.807, 2.05) is 19.1 Å². The first kappa shape index (κ1) is 13.2. The lowest BCUT2D eigenvalue weighted by Gasteiger charge is -2.16. The Bertz CT molecular complexity index is 587. The zero-order chi connectivity index (χ0) is 14.0. The van der Waals surface area contributed by atoms with E-state index in [1.165, 1.54) is 0 Å². The molecule has 0 saturated carbocycles. The van der Waals surface area contributed by atoms with E-state index >= 15 is 0 Å². The van der Waals surface area contributed by atoms with Gasteiger partial charge in [-0.3, -0.25) is 9.78 Å². The van der Waals surface area contributed by atoms with Crippen LogP contribution in [-0.4, -0.2) is 21.0 Å². The molecule has 0 radical (unpaired) electrons. The fourth-order valence-corrected chi connectivity index (χ4v) is 1.50. The average Bonchev–Trinajstić information content (AvgIpc) is 2.77. The zero-order valence-corrected chi connectivity index (χ0v) is 11.2. The minimum absolute atomic E-state index is 0.307. The van der Waals surface area contributed by atoms with Gasteiger partial charge in [0.25, 0.3) is 0 Å². The number of aryl methyl sites for hydroxylation is 1. The van der Waals surface area contributed by atoms with Crippen molar-refractivity contribution >= 4 is 5.91 Å². The number of carbonyl (C=O) groups is 1. The van der Waals surface area contributed by atoms with E-state index in [9.17, 15) is 4.79 Å². The van der Waals surface area contributed by atoms with Crippen LogP contribution in [0.5, 0.6) is 0 Å². The maximum atomic E-state index is 11.3. The molecule has 1 amide bonds. The molecule has 0 saturated heterocycles. The van der Waals surface area contributed by atoms with Crippen LogP contribution in [0.2, 0.25) is 0 Å². The number of rotatable bonds is 4. The number of pyridine rings is 1. The van der Waals surface area contributed by atoms with Crippen LogP contribution in [0, 0.1) is 12.3 Å². The van der Waals surface area contributed by atoms with Gasteiger partial charge in [0.05, 0.1) is 5.41 Å². The molecular weight excluding hydrogens is 244 g/mol. The van der Waals surface area contributed by atoms with Gasteiger partial charge in [0, 0.05) is 12.6 Å². The quantitative estimate of drug-likeness (QED) is 0.898. The van der Waals surface area contributed by atoms with Crippen molar-refractivity contribution < 1.29 is 9.32 Å². The van der Waals surface area contributed by atoms with E-state index in [-0.39, 0.29) is 0 Å². The zero-order valence-electron chi connectivity index (χ0n) is 11.2. The lowest BCUT2D eigenvalue weighted by atomic mass is 9.89. The molecule has 0 unspecified atom stereocenters. The summed E-state index contributed by atoms with van der Waals surface area (Å²) in [5, 5.41) is 3.86. The number of hydrogen-bond donors (Lipinski definition) is 1. The maximum absolute atomic E-state index is 11.3. The Morgan fingerprint density at radius 3 is 2.74 bits per heavy atom. The second kappa shape index (κ2) is 4.79. The predicted octanol–water partition coefficient (Wildman–Crippen LogP) is 1.49. The molecule has 6 heteroatoms. The van der Waals surface area contributed by atoms with Crippen LogP contribution in [0.3, 0.4) is 0 Å². The van der Waals surface area contributed by atoms with Crippen molar-refractivity contribution in [1.82, 2.24) is 15.1 Å². The third kappa shape index (κ3) is 2.96. The molecule has 2 rings (SSSR count). The normalized spacial score (nSPS) is 11.5. The van der Waals surface area contributed by atoms with Gasteiger partial charge >= 0.3 is 0 Å². The smallest absolute Gasteiger partial charge is 0.228 e. The lowest BCUT2D eigenvalue weighted by molar-refractivity contribution is -0.126. The Kier molecular flexibility index (Phi) is 3.33. The van der Waals surface area contributed by atoms with Crippen molar-refractivity contribution in [3.05, 3.63) is 29.8 Å². The van der Waals surface area contributed by atoms with Gasteiger partial charge in [0.15, 0.2) is 0 Å². The fraction of sp³-hybridized carbons (Fsp3) is 0.385. The molecule has 0 atom stereocenters. The summed E-state index contributed by atoms with van der Waals surface area (Å²) in [6, 6.07) is 3.74. The summed E-state index contributed by atoms with van der Waals surface area (Å²) in [5.41, 5.74) is 6.29. The molecule has 0 aromatic carbocycles. The summed E-state index contributed by atoms with van der Waals surface area (Å²) in [6.07, 6.45) is 2.04. The number of aromatic nitrogens is 3. The van der Waals surface area contributed by atoms with Crippen molar-refractivity contribution in [3.63, 3.8) is 0 Å². The van der Waals surface area contributed by atoms with Crippen molar-refractivity contribution in [1.29, 1.82) is 0 Å². The van der Waals surface area contributed by atoms with Gasteiger partial charge < -0.3 is 10.3 Å². The first-order chi connectivity index (χ1) is 8.88. The second-order valence-electron chi connectivity index (χ2n) is 5.16. The molecule has 6 nitrogen and oxygen atoms in total. The molecule has 0 bridgehead atoms. The standard InChI is InChI=1S/C13H16N4O2/c1-8-4-5-9(15-7-8)11-16-10(19-17-11)6-13(2,3)12(14)18/h4-5,7H,6H2,1-3H3,(H2,14,18). The van der Waals surface area contributed by atoms with Gasteiger partial charge in [-0.25, -0.2) is 0 Å². The summed E-state index contributed by atoms with van der Waals surface area (Å²) < 4.78 is 5.13. The summed E-state index contributed by atoms with van der Waals surface area (Å²) in [5.74, 6) is 0.386. The fourth-order valence-electron chi connectivity index (χ4n) is 1.50. The monoisotopic (exact) mass is 260 g/mol. The van der Waals surface area contributed by atoms with Crippen LogP contribution in [-0.2, 0) is 11.2 Å². The van der Waals surface area contributed by atoms with E-state index in [0.29, 0.717) is 23.8 Å². The largest absolute Gasteiger partial charge is 0.369 e. The van der Waals surface area contributed by atoms with Gasteiger partial charge in [-0.15, -0.1) is 0 Å². The number of nitrogens with zero attached hydrogens (tertiary/aromatic N) is 3. The van der Waals surface area contributed by atoms with Gasteiger partial charge in [-0.05, 0) is 18.6 Å². The van der Waals surface area contributed by atoms with Crippen molar-refractivity contribution in [2.45, 2.75) is 27.2 Å². The minimum Gasteiger partial charge on any atom is -0.369 e. The van der Waals surface area contributed by atoms with Crippen LogP contribution in [0.15, 0.2) is 22.9 Å². The highest BCUT2D eigenvalue weighted by Crippen LogP contribution is 2.22. The number of amides is 1. The molecule has 2 aromatic heterocycles. The molecule has 0 fully saturated rings. The SMILES string of the molecule is Cc1ccc(-c2noc(CC(C)(C)C(N)=O)n2)nc1. The molecule has 19 heavy (non-hydrogen) atoms. The first-order valence-electron chi connectivity index (χ1n) is 5.94. The summed E-state index contributed by atoms with van der Waals surface area (Å²) >= 11 is 0. The highest BCUT2D eigenvalue weighted by atomic mass is 16.5. The Hall–Kier alpha value is -2.24. The average molecular weight is 260 g/mol. The Morgan fingerprint density at radius 1 is 1.42 bits per heavy atom. The van der Waals surface area contributed by atoms with E-state index < -0.39 is 11.3 Å². The maximum Gasteiger partial charge on any atom is 0.228 e. The number of primary amides is 1. The number of carbonyl (C=O) groups excluding carboxylic acids is 1. The minimum atomic E-state index is -0.718. The highest BCUT2D eigenvalue weighted by Gasteiger charge is 2.28. The third-order valence-electron chi connectivity index (χ3n) is 2.87. The van der Waals surface area contributed by atoms with Crippen LogP contribution >= 0.6 is 0 Å². The van der Waals surface area contributed by atoms with Gasteiger partial charge in [0.2, 0.25) is 17.6 Å². The topological polar surface area (TPSA) is 94.9 Å². The van der Waals surface area contributed by atoms with Crippen LogP contribution in [0.1, 0.15) is 25.3 Å². The molecule has 100 valence electrons. The lowest BCUT2D eigenvalue weighted by Crippen LogP contribution is -2.33. The van der Waals surface area contributed by atoms with E-state index in [4.69, 9.17) is 10.3 Å². The Balaban J connectivity index is 2.20. The van der Waals surface area contributed by atoms with Gasteiger partial charge in [-0.1, -0.05) is 25.1 Å². The first-order valence-corrected chi connectivity index (χ1v) is 5.94. The molecule has 0 aliphatic carbocycles. The second-order valence-corrected chi connectivity index (χ2v) is 5.16. The Labute approximate surface area is 111 Å². The van der Waals surface area contributed by atoms with Gasteiger partial charge in [-0.2, -0.15) is 4.98 Å². The van der Waals surface area contributed by atoms with Crippen LogP contribution in [0.4, 0.5) is 0 Å². The summed E-state index contributed by atoms with van der Waals surface area (Å²) in [6.45, 7) is 5.43. The van der Waals surface area contributed by atoms with Crippen molar-refractivity contribution in [3.8, 4) is 11.5 Å². The number of nitrogens with two attached hydrogens (primary N) is 1. The molecule has 0 aliphatic heterocycles. The van der Waals surface area contributed by atoms with Crippen molar-refractivity contribution in [2.75, 3.05) is 0 Å². The molecule has 2 heterocycles. The van der Waals surface area contributed by atoms with E-state index in [2.05, 4.69) is 15.1 Å². The van der Waals surface area contributed by atoms with Crippen LogP contribution in [0.25, 0.3) is 11.5 Å². The molecule has 0 aliphatic rings. The predicted molar refractivity (Wildman–Crippen MR) is 68.9 cm³/mol. The third-order valence-corrected chi connectivity index (χ3v) is 2.87. The molecular formula is C13H16N4O2. The summed E-state index contributed by atoms with van der Waals surface area (Å²) in [7, 11) is 0. The molecule has 0 spiro atoms. The highest BCUT2D eigenvalue weighted by molar-refractivity contribution is 5.80. The number of hydrogen-bond acceptors (Lipinski definition) is 5. The van der Waals surface area contributed by atoms with Crippen LogP contribution < -0.4 is 5.73 Å². The van der Waals surface area contributed by atoms with E-state index in [0.717, 1.165) is 5.56 Å². The summed E-state index contributed by atoms with van der Waals surface area (Å²) in [4.78, 5) is 19.7. The van der Waals surface area contributed by atoms with E-state index in [1.54, 1.807) is 20.0 Å². The van der Waals surface area contributed by atoms with Gasteiger partial charge in [0.1, 0.15) is 5.69 Å². The molecule has 2 N–H and O–H groups in total. The Morgan fingerprint density at radius 2 is 2.16 bits per heavy atom. The molecule has 2 aromatic rings. The van der Waals surface area contributed by atoms with Crippen molar-refractivity contribution in [2.24, 2.45) is 11.1 Å².